The number of fused-ring (bicyclic) bond motifs is 3. The Balaban J connectivity index is 1.99. The van der Waals surface area contributed by atoms with Gasteiger partial charge in [0, 0.05) is 11.9 Å². The van der Waals surface area contributed by atoms with Crippen molar-refractivity contribution in [1.29, 1.82) is 0 Å². The number of para-hydroxylation sites is 1. The van der Waals surface area contributed by atoms with Gasteiger partial charge < -0.3 is 10.4 Å². The quantitative estimate of drug-likeness (QED) is 0.823. The van der Waals surface area contributed by atoms with Crippen LogP contribution >= 0.6 is 0 Å². The number of carbonyl (C=O) groups is 1. The van der Waals surface area contributed by atoms with Crippen LogP contribution in [0.5, 0.6) is 0 Å². The van der Waals surface area contributed by atoms with Crippen LogP contribution in [0.1, 0.15) is 17.3 Å². The van der Waals surface area contributed by atoms with E-state index in [1.807, 2.05) is 18.2 Å². The third kappa shape index (κ3) is 1.61. The molecule has 0 aliphatic carbocycles. The fraction of sp³-hybridized carbons (Fsp3) is 0.312. The maximum absolute atomic E-state index is 12.8. The number of nitrogens with one attached hydrogen (secondary N) is 1. The van der Waals surface area contributed by atoms with Gasteiger partial charge in [0.25, 0.3) is 0 Å². The summed E-state index contributed by atoms with van der Waals surface area (Å²) in [6, 6.07) is 7.86. The van der Waals surface area contributed by atoms with Crippen LogP contribution < -0.4 is 5.32 Å². The molecule has 2 atom stereocenters. The zero-order valence-corrected chi connectivity index (χ0v) is 11.6. The van der Waals surface area contributed by atoms with Crippen molar-refractivity contribution in [3.05, 3.63) is 48.2 Å². The first-order chi connectivity index (χ1) is 10.2. The Morgan fingerprint density at radius 2 is 2.24 bits per heavy atom. The summed E-state index contributed by atoms with van der Waals surface area (Å²) in [5.41, 5.74) is 3.23. The predicted octanol–water partition coefficient (Wildman–Crippen LogP) is 1.62. The molecule has 0 saturated carbocycles. The van der Waals surface area contributed by atoms with Crippen LogP contribution in [0.2, 0.25) is 0 Å². The Labute approximate surface area is 122 Å². The predicted molar refractivity (Wildman–Crippen MR) is 80.1 cm³/mol. The minimum atomic E-state index is -0.959. The second-order valence-electron chi connectivity index (χ2n) is 5.56. The highest BCUT2D eigenvalue weighted by Gasteiger charge is 2.38. The van der Waals surface area contributed by atoms with Crippen LogP contribution in [0, 0.1) is 0 Å². The first-order valence-corrected chi connectivity index (χ1v) is 7.19. The summed E-state index contributed by atoms with van der Waals surface area (Å²) in [5.74, 6) is 0. The van der Waals surface area contributed by atoms with E-state index in [0.717, 1.165) is 29.6 Å². The van der Waals surface area contributed by atoms with Crippen LogP contribution in [-0.2, 0) is 6.42 Å². The van der Waals surface area contributed by atoms with E-state index in [-0.39, 0.29) is 12.1 Å². The summed E-state index contributed by atoms with van der Waals surface area (Å²) in [6.07, 6.45) is 1.36. The molecule has 0 spiro atoms. The molecule has 0 saturated heterocycles. The summed E-state index contributed by atoms with van der Waals surface area (Å²) >= 11 is 0. The number of rotatable bonds is 2. The van der Waals surface area contributed by atoms with Gasteiger partial charge in [0.1, 0.15) is 6.23 Å². The van der Waals surface area contributed by atoms with Gasteiger partial charge in [-0.25, -0.2) is 4.79 Å². The molecule has 21 heavy (non-hydrogen) atoms. The minimum Gasteiger partial charge on any atom is -0.370 e. The number of hydrogen-bond acceptors (Lipinski definition) is 3. The van der Waals surface area contributed by atoms with E-state index in [0.29, 0.717) is 6.54 Å². The average molecular weight is 283 g/mol. The fourth-order valence-corrected chi connectivity index (χ4v) is 3.53. The number of aromatic nitrogens is 1. The second-order valence-corrected chi connectivity index (χ2v) is 5.56. The van der Waals surface area contributed by atoms with Crippen LogP contribution in [-0.4, -0.2) is 39.9 Å². The number of aliphatic hydroxyl groups excluding tert-OH is 1. The highest BCUT2D eigenvalue weighted by Crippen LogP contribution is 2.36. The molecule has 1 aromatic carbocycles. The molecule has 2 aromatic rings. The molecule has 1 aromatic heterocycles. The van der Waals surface area contributed by atoms with Gasteiger partial charge in [-0.2, -0.15) is 0 Å². The summed E-state index contributed by atoms with van der Waals surface area (Å²) in [6.45, 7) is 4.94. The summed E-state index contributed by atoms with van der Waals surface area (Å²) in [7, 11) is 0. The van der Waals surface area contributed by atoms with Gasteiger partial charge in [-0.3, -0.25) is 9.47 Å². The molecule has 2 aliphatic rings. The van der Waals surface area contributed by atoms with Gasteiger partial charge >= 0.3 is 6.03 Å². The fourth-order valence-electron chi connectivity index (χ4n) is 3.53. The van der Waals surface area contributed by atoms with E-state index in [2.05, 4.69) is 18.0 Å². The molecule has 5 heteroatoms. The lowest BCUT2D eigenvalue weighted by atomic mass is 9.98. The number of benzene rings is 1. The van der Waals surface area contributed by atoms with Crippen molar-refractivity contribution < 1.29 is 9.90 Å². The van der Waals surface area contributed by atoms with E-state index in [1.165, 1.54) is 16.5 Å². The minimum absolute atomic E-state index is 0.0634. The molecule has 2 unspecified atom stereocenters. The Kier molecular flexibility index (Phi) is 2.67. The molecule has 108 valence electrons. The number of hydrogen-bond donors (Lipinski definition) is 2. The molecular formula is C16H17N3O2. The second kappa shape index (κ2) is 4.44. The van der Waals surface area contributed by atoms with Crippen LogP contribution in [0.25, 0.3) is 10.9 Å². The molecule has 0 bridgehead atoms. The molecule has 2 N–H and O–H groups in total. The first-order valence-electron chi connectivity index (χ1n) is 7.19. The summed E-state index contributed by atoms with van der Waals surface area (Å²) in [5, 5.41) is 14.6. The SMILES string of the molecule is C=CC(O)N1CC2NCCc3c2n(c2ccccc32)C1=O. The largest absolute Gasteiger partial charge is 0.370 e. The smallest absolute Gasteiger partial charge is 0.331 e. The molecule has 0 radical (unpaired) electrons. The van der Waals surface area contributed by atoms with Gasteiger partial charge in [0.15, 0.2) is 0 Å². The van der Waals surface area contributed by atoms with E-state index in [9.17, 15) is 9.90 Å². The standard InChI is InChI=1S/C16H17N3O2/c1-2-14(20)18-9-12-15-11(7-8-17-12)10-5-3-4-6-13(10)19(15)16(18)21/h2-6,12,14,17,20H,1,7-9H2. The number of aliphatic hydroxyl groups is 1. The van der Waals surface area contributed by atoms with Crippen LogP contribution in [0.3, 0.4) is 0 Å². The van der Waals surface area contributed by atoms with E-state index >= 15 is 0 Å². The maximum atomic E-state index is 12.8. The molecule has 0 fully saturated rings. The Hall–Kier alpha value is -2.11. The van der Waals surface area contributed by atoms with E-state index < -0.39 is 6.23 Å². The van der Waals surface area contributed by atoms with Crippen molar-refractivity contribution in [3.63, 3.8) is 0 Å². The third-order valence-electron chi connectivity index (χ3n) is 4.46. The van der Waals surface area contributed by atoms with Crippen molar-refractivity contribution in [3.8, 4) is 0 Å². The Bertz CT molecular complexity index is 749. The van der Waals surface area contributed by atoms with E-state index in [1.54, 1.807) is 4.57 Å². The molecule has 2 aliphatic heterocycles. The van der Waals surface area contributed by atoms with Crippen molar-refractivity contribution in [2.75, 3.05) is 13.1 Å². The Morgan fingerprint density at radius 3 is 3.05 bits per heavy atom. The zero-order chi connectivity index (χ0) is 14.6. The molecule has 5 nitrogen and oxygen atoms in total. The highest BCUT2D eigenvalue weighted by atomic mass is 16.3. The number of nitrogens with zero attached hydrogens (tertiary/aromatic N) is 2. The molecule has 3 heterocycles. The Morgan fingerprint density at radius 1 is 1.43 bits per heavy atom. The summed E-state index contributed by atoms with van der Waals surface area (Å²) in [4.78, 5) is 14.2. The van der Waals surface area contributed by atoms with Crippen molar-refractivity contribution in [2.45, 2.75) is 18.7 Å². The maximum Gasteiger partial charge on any atom is 0.331 e. The van der Waals surface area contributed by atoms with Crippen molar-refractivity contribution in [1.82, 2.24) is 14.8 Å². The van der Waals surface area contributed by atoms with Crippen LogP contribution in [0.15, 0.2) is 36.9 Å². The van der Waals surface area contributed by atoms with Crippen molar-refractivity contribution in [2.24, 2.45) is 0 Å². The van der Waals surface area contributed by atoms with E-state index in [4.69, 9.17) is 0 Å². The number of amides is 1. The monoisotopic (exact) mass is 283 g/mol. The highest BCUT2D eigenvalue weighted by molar-refractivity contribution is 5.96. The molecule has 4 rings (SSSR count). The van der Waals surface area contributed by atoms with Gasteiger partial charge in [-0.15, -0.1) is 0 Å². The lowest BCUT2D eigenvalue weighted by molar-refractivity contribution is 0.0533. The normalized spacial score (nSPS) is 22.2. The number of carbonyl (C=O) groups excluding carboxylic acids is 1. The summed E-state index contributed by atoms with van der Waals surface area (Å²) < 4.78 is 1.75. The molecular weight excluding hydrogens is 266 g/mol. The topological polar surface area (TPSA) is 57.5 Å². The van der Waals surface area contributed by atoms with Gasteiger partial charge in [-0.05, 0) is 30.7 Å². The average Bonchev–Trinajstić information content (AvgIpc) is 2.86. The lowest BCUT2D eigenvalue weighted by Crippen LogP contribution is -2.52. The van der Waals surface area contributed by atoms with Crippen molar-refractivity contribution >= 4 is 16.9 Å². The third-order valence-corrected chi connectivity index (χ3v) is 4.46. The molecule has 1 amide bonds. The first kappa shape index (κ1) is 12.6. The van der Waals surface area contributed by atoms with Gasteiger partial charge in [0.2, 0.25) is 0 Å². The lowest BCUT2D eigenvalue weighted by Gasteiger charge is -2.38. The van der Waals surface area contributed by atoms with Gasteiger partial charge in [-0.1, -0.05) is 24.8 Å². The van der Waals surface area contributed by atoms with Gasteiger partial charge in [0.05, 0.1) is 17.3 Å². The zero-order valence-electron chi connectivity index (χ0n) is 11.6. The van der Waals surface area contributed by atoms with Crippen LogP contribution in [0.4, 0.5) is 4.79 Å².